The second kappa shape index (κ2) is 14.2. The number of allylic oxidation sites excluding steroid dienone is 6. The van der Waals surface area contributed by atoms with Gasteiger partial charge in [0.05, 0.1) is 7.11 Å². The van der Waals surface area contributed by atoms with Crippen LogP contribution in [-0.2, 0) is 19.1 Å². The molecule has 5 nitrogen and oxygen atoms in total. The number of rotatable bonds is 13. The Hall–Kier alpha value is -3.50. The first-order valence-electron chi connectivity index (χ1n) is 10.6. The van der Waals surface area contributed by atoms with Crippen LogP contribution in [0.15, 0.2) is 67.3 Å². The third-order valence-corrected chi connectivity index (χ3v) is 4.64. The van der Waals surface area contributed by atoms with Crippen LogP contribution in [0.2, 0.25) is 0 Å². The van der Waals surface area contributed by atoms with E-state index in [2.05, 4.69) is 16.1 Å². The number of hydrogen-bond acceptors (Lipinski definition) is 5. The third-order valence-electron chi connectivity index (χ3n) is 4.64. The molecule has 0 saturated heterocycles. The summed E-state index contributed by atoms with van der Waals surface area (Å²) in [7, 11) is 1.51. The number of alkyl halides is 6. The highest BCUT2D eigenvalue weighted by atomic mass is 19.4. The van der Waals surface area contributed by atoms with Crippen LogP contribution in [-0.4, -0.2) is 44.6 Å². The molecule has 0 aromatic heterocycles. The van der Waals surface area contributed by atoms with Gasteiger partial charge < -0.3 is 14.2 Å². The Morgan fingerprint density at radius 1 is 0.861 bits per heavy atom. The molecule has 1 rings (SSSR count). The van der Waals surface area contributed by atoms with Crippen LogP contribution < -0.4 is 4.74 Å². The van der Waals surface area contributed by atoms with Gasteiger partial charge in [-0.1, -0.05) is 61.2 Å². The lowest BCUT2D eigenvalue weighted by atomic mass is 9.79. The predicted molar refractivity (Wildman–Crippen MR) is 121 cm³/mol. The standard InChI is InChI=1S/C25H26F6O5/c1-3-4-5-8-15-23(21(32)35-17-24(26,27)28,22(33)36-18-25(29,30)31)16-9-6-7-10-19-11-13-20(34-2)14-12-19/h3-7,9-14H,1,8,15-18H2,2H3/b5-4+,9-6+,10-7+. The quantitative estimate of drug-likeness (QED) is 0.131. The van der Waals surface area contributed by atoms with Crippen molar-refractivity contribution < 1.29 is 50.1 Å². The fraction of sp³-hybridized carbons (Fsp3) is 0.360. The molecule has 0 aliphatic rings. The molecular formula is C25H26F6O5. The molecule has 198 valence electrons. The van der Waals surface area contributed by atoms with Gasteiger partial charge in [0, 0.05) is 0 Å². The first-order valence-corrected chi connectivity index (χ1v) is 10.6. The zero-order valence-corrected chi connectivity index (χ0v) is 19.4. The second-order valence-electron chi connectivity index (χ2n) is 7.43. The van der Waals surface area contributed by atoms with Crippen molar-refractivity contribution in [3.63, 3.8) is 0 Å². The van der Waals surface area contributed by atoms with Crippen molar-refractivity contribution in [2.75, 3.05) is 20.3 Å². The number of ether oxygens (including phenoxy) is 3. The van der Waals surface area contributed by atoms with Crippen molar-refractivity contribution in [3.8, 4) is 5.75 Å². The number of benzene rings is 1. The lowest BCUT2D eigenvalue weighted by Gasteiger charge is -2.28. The first-order chi connectivity index (χ1) is 16.8. The maximum absolute atomic E-state index is 12.7. The highest BCUT2D eigenvalue weighted by molar-refractivity contribution is 6.00. The third kappa shape index (κ3) is 11.3. The van der Waals surface area contributed by atoms with E-state index >= 15 is 0 Å². The van der Waals surface area contributed by atoms with Crippen molar-refractivity contribution in [2.24, 2.45) is 5.41 Å². The number of hydrogen-bond donors (Lipinski definition) is 0. The summed E-state index contributed by atoms with van der Waals surface area (Å²) in [5.41, 5.74) is -1.68. The van der Waals surface area contributed by atoms with Crippen molar-refractivity contribution in [3.05, 3.63) is 72.9 Å². The number of esters is 2. The van der Waals surface area contributed by atoms with E-state index in [0.717, 1.165) is 5.56 Å². The van der Waals surface area contributed by atoms with E-state index in [4.69, 9.17) is 4.74 Å². The molecule has 0 heterocycles. The van der Waals surface area contributed by atoms with Crippen LogP contribution in [0.5, 0.6) is 5.75 Å². The average molecular weight is 520 g/mol. The van der Waals surface area contributed by atoms with Gasteiger partial charge in [0.1, 0.15) is 5.75 Å². The topological polar surface area (TPSA) is 61.8 Å². The number of halogens is 6. The Morgan fingerprint density at radius 2 is 1.42 bits per heavy atom. The molecule has 0 N–H and O–H groups in total. The first kappa shape index (κ1) is 30.5. The van der Waals surface area contributed by atoms with Crippen molar-refractivity contribution in [2.45, 2.75) is 31.6 Å². The highest BCUT2D eigenvalue weighted by Crippen LogP contribution is 2.34. The molecule has 0 saturated carbocycles. The molecule has 0 bridgehead atoms. The molecule has 0 fully saturated rings. The van der Waals surface area contributed by atoms with Crippen molar-refractivity contribution in [1.82, 2.24) is 0 Å². The van der Waals surface area contributed by atoms with Crippen molar-refractivity contribution in [1.29, 1.82) is 0 Å². The number of methoxy groups -OCH3 is 1. The molecule has 0 atom stereocenters. The van der Waals surface area contributed by atoms with E-state index in [1.807, 2.05) is 0 Å². The summed E-state index contributed by atoms with van der Waals surface area (Å²) in [6.45, 7) is -0.584. The number of carbonyl (C=O) groups is 2. The normalized spacial score (nSPS) is 12.9. The van der Waals surface area contributed by atoms with Crippen LogP contribution in [0.4, 0.5) is 26.3 Å². The van der Waals surface area contributed by atoms with Gasteiger partial charge in [0.25, 0.3) is 0 Å². The van der Waals surface area contributed by atoms with Crippen LogP contribution >= 0.6 is 0 Å². The van der Waals surface area contributed by atoms with Crippen molar-refractivity contribution >= 4 is 18.0 Å². The Bertz CT molecular complexity index is 913. The van der Waals surface area contributed by atoms with Crippen LogP contribution in [0, 0.1) is 5.41 Å². The molecule has 0 spiro atoms. The maximum Gasteiger partial charge on any atom is 0.422 e. The summed E-state index contributed by atoms with van der Waals surface area (Å²) in [6, 6.07) is 6.89. The van der Waals surface area contributed by atoms with E-state index in [-0.39, 0.29) is 6.42 Å². The molecule has 0 unspecified atom stereocenters. The van der Waals surface area contributed by atoms with E-state index in [0.29, 0.717) is 5.75 Å². The fourth-order valence-electron chi connectivity index (χ4n) is 2.88. The minimum Gasteiger partial charge on any atom is -0.497 e. The van der Waals surface area contributed by atoms with E-state index < -0.39 is 55.8 Å². The second-order valence-corrected chi connectivity index (χ2v) is 7.43. The molecule has 0 radical (unpaired) electrons. The average Bonchev–Trinajstić information content (AvgIpc) is 2.81. The van der Waals surface area contributed by atoms with Gasteiger partial charge in [-0.2, -0.15) is 26.3 Å². The Labute approximate surface area is 204 Å². The summed E-state index contributed by atoms with van der Waals surface area (Å²) in [5.74, 6) is -2.64. The highest BCUT2D eigenvalue weighted by Gasteiger charge is 2.49. The largest absolute Gasteiger partial charge is 0.497 e. The lowest BCUT2D eigenvalue weighted by molar-refractivity contribution is -0.206. The summed E-state index contributed by atoms with van der Waals surface area (Å²) < 4.78 is 89.4. The maximum atomic E-state index is 12.7. The zero-order chi connectivity index (χ0) is 27.2. The Morgan fingerprint density at radius 3 is 1.89 bits per heavy atom. The van der Waals surface area contributed by atoms with E-state index in [1.165, 1.54) is 43.6 Å². The summed E-state index contributed by atoms with van der Waals surface area (Å²) in [6.07, 6.45) is -0.794. The van der Waals surface area contributed by atoms with Gasteiger partial charge in [-0.05, 0) is 37.0 Å². The minimum atomic E-state index is -4.91. The van der Waals surface area contributed by atoms with Crippen LogP contribution in [0.1, 0.15) is 24.8 Å². The van der Waals surface area contributed by atoms with Gasteiger partial charge in [-0.25, -0.2) is 0 Å². The molecule has 0 amide bonds. The fourth-order valence-corrected chi connectivity index (χ4v) is 2.88. The monoisotopic (exact) mass is 520 g/mol. The Balaban J connectivity index is 3.20. The minimum absolute atomic E-state index is 0.0518. The molecule has 1 aromatic carbocycles. The van der Waals surface area contributed by atoms with Gasteiger partial charge in [-0.15, -0.1) is 0 Å². The SMILES string of the molecule is C=C/C=C/CCC(C/C=C/C=C/c1ccc(OC)cc1)(C(=O)OCC(F)(F)F)C(=O)OCC(F)(F)F. The smallest absolute Gasteiger partial charge is 0.422 e. The zero-order valence-electron chi connectivity index (χ0n) is 19.4. The Kier molecular flexibility index (Phi) is 12.0. The summed E-state index contributed by atoms with van der Waals surface area (Å²) in [4.78, 5) is 25.3. The van der Waals surface area contributed by atoms with Gasteiger partial charge in [-0.3, -0.25) is 9.59 Å². The summed E-state index contributed by atoms with van der Waals surface area (Å²) in [5, 5.41) is 0. The van der Waals surface area contributed by atoms with E-state index in [9.17, 15) is 35.9 Å². The molecule has 0 aliphatic heterocycles. The van der Waals surface area contributed by atoms with E-state index in [1.54, 1.807) is 30.3 Å². The molecular weight excluding hydrogens is 494 g/mol. The van der Waals surface area contributed by atoms with Crippen LogP contribution in [0.25, 0.3) is 6.08 Å². The lowest BCUT2D eigenvalue weighted by Crippen LogP contribution is -2.44. The van der Waals surface area contributed by atoms with Gasteiger partial charge in [0.2, 0.25) is 0 Å². The number of carbonyl (C=O) groups excluding carboxylic acids is 2. The molecule has 0 aliphatic carbocycles. The van der Waals surface area contributed by atoms with Gasteiger partial charge >= 0.3 is 24.3 Å². The summed E-state index contributed by atoms with van der Waals surface area (Å²) >= 11 is 0. The molecule has 36 heavy (non-hydrogen) atoms. The predicted octanol–water partition coefficient (Wildman–Crippen LogP) is 6.37. The van der Waals surface area contributed by atoms with Crippen LogP contribution in [0.3, 0.4) is 0 Å². The molecule has 11 heteroatoms. The van der Waals surface area contributed by atoms with Gasteiger partial charge in [0.15, 0.2) is 18.6 Å². The molecule has 1 aromatic rings.